The molecule has 10 nitrogen and oxygen atoms in total. The molecule has 0 radical (unpaired) electrons. The highest BCUT2D eigenvalue weighted by molar-refractivity contribution is 7.71. The number of hydrogen-bond acceptors (Lipinski definition) is 8. The molecule has 1 fully saturated rings. The second kappa shape index (κ2) is 5.63. The van der Waals surface area contributed by atoms with Crippen LogP contribution in [0.3, 0.4) is 0 Å². The van der Waals surface area contributed by atoms with E-state index in [1.54, 1.807) is 0 Å². The Morgan fingerprint density at radius 2 is 2.14 bits per heavy atom. The monoisotopic (exact) mass is 317 g/mol. The number of hydrogen-bond donors (Lipinski definition) is 5. The molecule has 21 heavy (non-hydrogen) atoms. The lowest BCUT2D eigenvalue weighted by Gasteiger charge is -2.16. The lowest BCUT2D eigenvalue weighted by Crippen LogP contribution is -2.33. The first-order valence-electron chi connectivity index (χ1n) is 5.87. The molecule has 8 N–H and O–H groups in total. The molecule has 0 amide bonds. The van der Waals surface area contributed by atoms with Gasteiger partial charge in [0.25, 0.3) is 0 Å². The lowest BCUT2D eigenvalue weighted by atomic mass is 10.1. The molecule has 0 saturated carbocycles. The van der Waals surface area contributed by atoms with Gasteiger partial charge in [0.1, 0.15) is 29.6 Å². The first-order valence-corrected chi connectivity index (χ1v) is 6.28. The van der Waals surface area contributed by atoms with Gasteiger partial charge in [-0.1, -0.05) is 0 Å². The summed E-state index contributed by atoms with van der Waals surface area (Å²) in [5.74, 6) is 0.255. The van der Waals surface area contributed by atoms with Crippen LogP contribution < -0.4 is 5.73 Å². The van der Waals surface area contributed by atoms with Crippen LogP contribution in [0.1, 0.15) is 6.23 Å². The van der Waals surface area contributed by atoms with Crippen molar-refractivity contribution in [3.05, 3.63) is 11.1 Å². The maximum absolute atomic E-state index is 10.0. The number of nitrogens with two attached hydrogens (primary N) is 1. The number of aromatic nitrogens is 4. The number of fused-ring (bicyclic) bond motifs is 1. The van der Waals surface area contributed by atoms with Gasteiger partial charge in [0, 0.05) is 0 Å². The number of imidazole rings is 1. The number of ether oxygens (including phenoxy) is 1. The van der Waals surface area contributed by atoms with Crippen molar-refractivity contribution in [3.63, 3.8) is 0 Å². The van der Waals surface area contributed by atoms with Crippen molar-refractivity contribution < 1.29 is 25.5 Å². The fourth-order valence-electron chi connectivity index (χ4n) is 2.25. The lowest BCUT2D eigenvalue weighted by molar-refractivity contribution is -0.0511. The van der Waals surface area contributed by atoms with E-state index in [0.29, 0.717) is 11.2 Å². The molecule has 0 spiro atoms. The summed E-state index contributed by atoms with van der Waals surface area (Å²) in [6.45, 7) is -0.406. The normalized spacial score (nSPS) is 28.7. The second-order valence-electron chi connectivity index (χ2n) is 4.51. The minimum atomic E-state index is -1.22. The van der Waals surface area contributed by atoms with Crippen LogP contribution in [0.4, 0.5) is 5.82 Å². The number of rotatable bonds is 2. The van der Waals surface area contributed by atoms with Gasteiger partial charge in [-0.15, -0.1) is 0 Å². The molecular weight excluding hydrogens is 302 g/mol. The smallest absolute Gasteiger partial charge is 0.200 e. The quantitative estimate of drug-likeness (QED) is 0.390. The molecule has 2 aromatic rings. The van der Waals surface area contributed by atoms with E-state index < -0.39 is 31.1 Å². The van der Waals surface area contributed by atoms with Crippen molar-refractivity contribution in [2.45, 2.75) is 24.5 Å². The number of nitrogens with zero attached hydrogens (tertiary/aromatic N) is 3. The van der Waals surface area contributed by atoms with Gasteiger partial charge < -0.3 is 36.3 Å². The molecule has 0 bridgehead atoms. The molecule has 11 heteroatoms. The van der Waals surface area contributed by atoms with Crippen LogP contribution in [0.2, 0.25) is 0 Å². The molecule has 116 valence electrons. The number of nitrogens with one attached hydrogen (secondary N) is 1. The van der Waals surface area contributed by atoms with Gasteiger partial charge >= 0.3 is 0 Å². The van der Waals surface area contributed by atoms with Gasteiger partial charge in [0.2, 0.25) is 0 Å². The summed E-state index contributed by atoms with van der Waals surface area (Å²) >= 11 is 4.95. The zero-order chi connectivity index (χ0) is 14.4. The van der Waals surface area contributed by atoms with E-state index >= 15 is 0 Å². The number of aliphatic hydroxyl groups is 3. The largest absolute Gasteiger partial charge is 0.412 e. The first-order chi connectivity index (χ1) is 9.52. The van der Waals surface area contributed by atoms with Gasteiger partial charge in [0.05, 0.1) is 12.9 Å². The molecular formula is C10H15N5O5S. The van der Waals surface area contributed by atoms with Crippen LogP contribution in [0.15, 0.2) is 6.33 Å². The van der Waals surface area contributed by atoms with E-state index in [9.17, 15) is 10.2 Å². The Morgan fingerprint density at radius 1 is 1.43 bits per heavy atom. The second-order valence-corrected chi connectivity index (χ2v) is 4.90. The highest BCUT2D eigenvalue weighted by Crippen LogP contribution is 2.31. The van der Waals surface area contributed by atoms with E-state index in [-0.39, 0.29) is 16.1 Å². The maximum atomic E-state index is 10.0. The zero-order valence-corrected chi connectivity index (χ0v) is 11.5. The fraction of sp³-hybridized carbons (Fsp3) is 0.500. The fourth-order valence-corrected chi connectivity index (χ4v) is 2.45. The Hall–Kier alpha value is -1.63. The molecule has 3 heterocycles. The van der Waals surface area contributed by atoms with Gasteiger partial charge in [0.15, 0.2) is 16.6 Å². The maximum Gasteiger partial charge on any atom is 0.200 e. The van der Waals surface area contributed by atoms with Crippen molar-refractivity contribution in [2.75, 3.05) is 12.3 Å². The predicted molar refractivity (Wildman–Crippen MR) is 73.7 cm³/mol. The zero-order valence-electron chi connectivity index (χ0n) is 10.7. The number of H-pyrrole nitrogens is 1. The Balaban J connectivity index is 0.00000161. The Bertz CT molecular complexity index is 703. The van der Waals surface area contributed by atoms with Crippen LogP contribution in [-0.2, 0) is 4.74 Å². The van der Waals surface area contributed by atoms with Crippen LogP contribution in [0.5, 0.6) is 0 Å². The standard InChI is InChI=1S/C10H13N5O4S.H2O/c11-7-4-8(14-10(20)13-7)15(2-12-4)9-6(18)5(17)3(1-16)19-9;/h2-3,5-6,9,16-18H,1H2,(H3,11,13,14,20);1H2/t3-,5-,6-,9-;/m1./s1. The van der Waals surface area contributed by atoms with Crippen LogP contribution >= 0.6 is 12.2 Å². The van der Waals surface area contributed by atoms with Crippen molar-refractivity contribution in [1.29, 1.82) is 0 Å². The third-order valence-corrected chi connectivity index (χ3v) is 3.46. The van der Waals surface area contributed by atoms with Gasteiger partial charge in [-0.25, -0.2) is 4.98 Å². The third-order valence-electron chi connectivity index (χ3n) is 3.26. The van der Waals surface area contributed by atoms with E-state index in [1.165, 1.54) is 10.9 Å². The third kappa shape index (κ3) is 2.39. The average Bonchev–Trinajstić information content (AvgIpc) is 2.93. The SMILES string of the molecule is Nc1[nH]c(=S)nc2c1ncn2[C@@H]1O[C@H](CO)[C@@H](O)[C@H]1O.O. The van der Waals surface area contributed by atoms with Crippen molar-refractivity contribution in [3.8, 4) is 0 Å². The number of anilines is 1. The Morgan fingerprint density at radius 3 is 2.76 bits per heavy atom. The number of aliphatic hydroxyl groups excluding tert-OH is 3. The number of nitrogen functional groups attached to an aromatic ring is 1. The first kappa shape index (κ1) is 15.8. The summed E-state index contributed by atoms with van der Waals surface area (Å²) in [6, 6.07) is 0. The van der Waals surface area contributed by atoms with Gasteiger partial charge in [-0.3, -0.25) is 4.57 Å². The summed E-state index contributed by atoms with van der Waals surface area (Å²) in [7, 11) is 0. The topological polar surface area (TPSA) is 174 Å². The molecule has 2 aromatic heterocycles. The van der Waals surface area contributed by atoms with Crippen LogP contribution in [0, 0.1) is 4.77 Å². The highest BCUT2D eigenvalue weighted by atomic mass is 32.1. The Labute approximate surface area is 123 Å². The van der Waals surface area contributed by atoms with Gasteiger partial charge in [-0.05, 0) is 12.2 Å². The average molecular weight is 317 g/mol. The molecule has 0 aliphatic carbocycles. The minimum Gasteiger partial charge on any atom is -0.412 e. The molecule has 0 aromatic carbocycles. The summed E-state index contributed by atoms with van der Waals surface area (Å²) in [4.78, 5) is 10.8. The molecule has 3 rings (SSSR count). The van der Waals surface area contributed by atoms with Crippen LogP contribution in [0.25, 0.3) is 11.2 Å². The molecule has 1 saturated heterocycles. The van der Waals surface area contributed by atoms with E-state index in [1.807, 2.05) is 0 Å². The number of aromatic amines is 1. The van der Waals surface area contributed by atoms with E-state index in [4.69, 9.17) is 27.8 Å². The van der Waals surface area contributed by atoms with Crippen molar-refractivity contribution in [2.24, 2.45) is 0 Å². The van der Waals surface area contributed by atoms with Crippen LogP contribution in [-0.4, -0.2) is 65.2 Å². The molecule has 1 aliphatic heterocycles. The summed E-state index contributed by atoms with van der Waals surface area (Å²) in [5.41, 5.74) is 6.47. The summed E-state index contributed by atoms with van der Waals surface area (Å²) < 4.78 is 7.01. The van der Waals surface area contributed by atoms with Crippen molar-refractivity contribution in [1.82, 2.24) is 19.5 Å². The van der Waals surface area contributed by atoms with E-state index in [0.717, 1.165) is 0 Å². The predicted octanol–water partition coefficient (Wildman–Crippen LogP) is -2.14. The summed E-state index contributed by atoms with van der Waals surface area (Å²) in [5, 5.41) is 28.9. The Kier molecular flexibility index (Phi) is 4.22. The molecule has 0 unspecified atom stereocenters. The summed E-state index contributed by atoms with van der Waals surface area (Å²) in [6.07, 6.45) is -2.82. The van der Waals surface area contributed by atoms with Crippen molar-refractivity contribution >= 4 is 29.2 Å². The van der Waals surface area contributed by atoms with E-state index in [2.05, 4.69) is 15.0 Å². The molecule has 4 atom stereocenters. The highest BCUT2D eigenvalue weighted by Gasteiger charge is 2.43. The minimum absolute atomic E-state index is 0. The molecule has 1 aliphatic rings. The van der Waals surface area contributed by atoms with Gasteiger partial charge in [-0.2, -0.15) is 4.98 Å².